The third-order valence-electron chi connectivity index (χ3n) is 4.52. The number of hydrogen-bond donors (Lipinski definition) is 2. The molecule has 0 bridgehead atoms. The molecule has 0 saturated heterocycles. The van der Waals surface area contributed by atoms with Gasteiger partial charge in [-0.3, -0.25) is 0 Å². The second-order valence-corrected chi connectivity index (χ2v) is 8.30. The number of fused-ring (bicyclic) bond motifs is 1. The number of sulfonamides is 1. The average molecular weight is 396 g/mol. The van der Waals surface area contributed by atoms with E-state index in [0.29, 0.717) is 23.1 Å². The van der Waals surface area contributed by atoms with Gasteiger partial charge >= 0.3 is 0 Å². The zero-order chi connectivity index (χ0) is 19.6. The number of anilines is 3. The molecule has 3 aromatic rings. The second-order valence-electron chi connectivity index (χ2n) is 6.68. The van der Waals surface area contributed by atoms with Gasteiger partial charge in [0, 0.05) is 18.8 Å². The van der Waals surface area contributed by atoms with E-state index in [4.69, 9.17) is 5.14 Å². The zero-order valence-electron chi connectivity index (χ0n) is 15.1. The summed E-state index contributed by atoms with van der Waals surface area (Å²) in [7, 11) is -3.59. The van der Waals surface area contributed by atoms with E-state index >= 15 is 0 Å². The number of benzene rings is 2. The predicted octanol–water partition coefficient (Wildman–Crippen LogP) is 1.97. The third-order valence-corrected chi connectivity index (χ3v) is 5.26. The summed E-state index contributed by atoms with van der Waals surface area (Å²) >= 11 is 0. The highest BCUT2D eigenvalue weighted by Crippen LogP contribution is 2.23. The molecule has 1 aromatic heterocycles. The molecule has 0 amide bonds. The summed E-state index contributed by atoms with van der Waals surface area (Å²) in [5.41, 5.74) is 3.91. The van der Waals surface area contributed by atoms with Crippen LogP contribution >= 0.6 is 0 Å². The molecule has 0 spiro atoms. The maximum atomic E-state index is 11.3. The molecular weight excluding hydrogens is 376 g/mol. The Labute approximate surface area is 163 Å². The van der Waals surface area contributed by atoms with Gasteiger partial charge in [-0.15, -0.1) is 0 Å². The standard InChI is InChI=1S/C19H20N6O2S/c20-28(26,27)12-14-4-3-7-17(10-14)23-18-21-13-22-19(24-18)25-9-8-15-5-1-2-6-16(15)11-25/h1-7,10,13H,8-9,11-12H2,(H2,20,26,27)(H,21,22,23,24). The first kappa shape index (κ1) is 18.3. The van der Waals surface area contributed by atoms with Crippen LogP contribution in [-0.4, -0.2) is 29.9 Å². The average Bonchev–Trinajstić information content (AvgIpc) is 2.67. The van der Waals surface area contributed by atoms with Crippen LogP contribution in [0.5, 0.6) is 0 Å². The van der Waals surface area contributed by atoms with Gasteiger partial charge in [-0.05, 0) is 35.2 Å². The molecule has 1 aliphatic heterocycles. The highest BCUT2D eigenvalue weighted by atomic mass is 32.2. The summed E-state index contributed by atoms with van der Waals surface area (Å²) < 4.78 is 22.6. The number of aromatic nitrogens is 3. The Hall–Kier alpha value is -3.04. The smallest absolute Gasteiger partial charge is 0.231 e. The van der Waals surface area contributed by atoms with Gasteiger partial charge in [-0.2, -0.15) is 4.98 Å². The lowest BCUT2D eigenvalue weighted by molar-refractivity contribution is 0.597. The fourth-order valence-electron chi connectivity index (χ4n) is 3.27. The molecule has 0 saturated carbocycles. The number of primary sulfonamides is 1. The van der Waals surface area contributed by atoms with Gasteiger partial charge in [0.05, 0.1) is 5.75 Å². The lowest BCUT2D eigenvalue weighted by Gasteiger charge is -2.28. The maximum absolute atomic E-state index is 11.3. The Bertz CT molecular complexity index is 1100. The van der Waals surface area contributed by atoms with Gasteiger partial charge in [0.25, 0.3) is 0 Å². The van der Waals surface area contributed by atoms with E-state index in [1.165, 1.54) is 17.5 Å². The van der Waals surface area contributed by atoms with Gasteiger partial charge in [-0.25, -0.2) is 23.5 Å². The molecule has 0 fully saturated rings. The van der Waals surface area contributed by atoms with E-state index in [1.54, 1.807) is 18.2 Å². The van der Waals surface area contributed by atoms with Crippen molar-refractivity contribution in [3.8, 4) is 0 Å². The topological polar surface area (TPSA) is 114 Å². The zero-order valence-corrected chi connectivity index (χ0v) is 15.9. The summed E-state index contributed by atoms with van der Waals surface area (Å²) in [5, 5.41) is 8.22. The van der Waals surface area contributed by atoms with Crippen LogP contribution in [0.4, 0.5) is 17.6 Å². The molecule has 144 valence electrons. The minimum Gasteiger partial charge on any atom is -0.336 e. The van der Waals surface area contributed by atoms with Crippen molar-refractivity contribution in [2.75, 3.05) is 16.8 Å². The monoisotopic (exact) mass is 396 g/mol. The van der Waals surface area contributed by atoms with Gasteiger partial charge in [0.15, 0.2) is 0 Å². The van der Waals surface area contributed by atoms with Crippen molar-refractivity contribution in [2.45, 2.75) is 18.7 Å². The molecule has 0 radical (unpaired) electrons. The normalized spacial score (nSPS) is 13.8. The Morgan fingerprint density at radius 1 is 1.07 bits per heavy atom. The van der Waals surface area contributed by atoms with Crippen LogP contribution in [0.3, 0.4) is 0 Å². The predicted molar refractivity (Wildman–Crippen MR) is 108 cm³/mol. The Morgan fingerprint density at radius 3 is 2.71 bits per heavy atom. The van der Waals surface area contributed by atoms with Gasteiger partial charge in [0.1, 0.15) is 6.33 Å². The SMILES string of the molecule is NS(=O)(=O)Cc1cccc(Nc2ncnc(N3CCc4ccccc4C3)n2)c1. The molecule has 28 heavy (non-hydrogen) atoms. The van der Waals surface area contributed by atoms with Crippen molar-refractivity contribution in [1.82, 2.24) is 15.0 Å². The fraction of sp³-hybridized carbons (Fsp3) is 0.211. The Morgan fingerprint density at radius 2 is 1.89 bits per heavy atom. The van der Waals surface area contributed by atoms with Crippen LogP contribution in [0.15, 0.2) is 54.9 Å². The molecule has 0 unspecified atom stereocenters. The second kappa shape index (κ2) is 7.53. The van der Waals surface area contributed by atoms with Gasteiger partial charge in [0.2, 0.25) is 21.9 Å². The molecule has 2 aromatic carbocycles. The highest BCUT2D eigenvalue weighted by molar-refractivity contribution is 7.88. The van der Waals surface area contributed by atoms with Gasteiger partial charge < -0.3 is 10.2 Å². The van der Waals surface area contributed by atoms with Crippen molar-refractivity contribution in [1.29, 1.82) is 0 Å². The Kier molecular flexibility index (Phi) is 4.93. The molecule has 0 aliphatic carbocycles. The molecule has 0 atom stereocenters. The summed E-state index contributed by atoms with van der Waals surface area (Å²) in [6, 6.07) is 15.4. The fourth-order valence-corrected chi connectivity index (χ4v) is 3.91. The number of hydrogen-bond acceptors (Lipinski definition) is 7. The number of rotatable bonds is 5. The molecule has 8 nitrogen and oxygen atoms in total. The van der Waals surface area contributed by atoms with E-state index in [2.05, 4.69) is 43.4 Å². The van der Waals surface area contributed by atoms with E-state index in [1.807, 2.05) is 12.1 Å². The summed E-state index contributed by atoms with van der Waals surface area (Å²) in [6.45, 7) is 1.59. The van der Waals surface area contributed by atoms with Crippen molar-refractivity contribution < 1.29 is 8.42 Å². The molecule has 4 rings (SSSR count). The third kappa shape index (κ3) is 4.44. The van der Waals surface area contributed by atoms with Crippen molar-refractivity contribution >= 4 is 27.6 Å². The van der Waals surface area contributed by atoms with Crippen molar-refractivity contribution in [3.05, 3.63) is 71.5 Å². The van der Waals surface area contributed by atoms with Crippen molar-refractivity contribution in [3.63, 3.8) is 0 Å². The summed E-state index contributed by atoms with van der Waals surface area (Å²) in [5.74, 6) is 0.780. The number of nitrogens with two attached hydrogens (primary N) is 1. The number of nitrogens with zero attached hydrogens (tertiary/aromatic N) is 4. The van der Waals surface area contributed by atoms with Crippen LogP contribution in [0.25, 0.3) is 0 Å². The van der Waals surface area contributed by atoms with Crippen molar-refractivity contribution in [2.24, 2.45) is 5.14 Å². The van der Waals surface area contributed by atoms with Gasteiger partial charge in [-0.1, -0.05) is 36.4 Å². The van der Waals surface area contributed by atoms with E-state index in [-0.39, 0.29) is 5.75 Å². The molecular formula is C19H20N6O2S. The lowest BCUT2D eigenvalue weighted by Crippen LogP contribution is -2.31. The lowest BCUT2D eigenvalue weighted by atomic mass is 10.0. The minimum atomic E-state index is -3.59. The molecule has 1 aliphatic rings. The van der Waals surface area contributed by atoms with Crippen LogP contribution < -0.4 is 15.4 Å². The first-order chi connectivity index (χ1) is 13.5. The summed E-state index contributed by atoms with van der Waals surface area (Å²) in [4.78, 5) is 15.1. The van der Waals surface area contributed by atoms with E-state index in [0.717, 1.165) is 19.5 Å². The van der Waals surface area contributed by atoms with Crippen LogP contribution in [-0.2, 0) is 28.7 Å². The van der Waals surface area contributed by atoms with Crippen LogP contribution in [0.2, 0.25) is 0 Å². The molecule has 2 heterocycles. The van der Waals surface area contributed by atoms with E-state index < -0.39 is 10.0 Å². The Balaban J connectivity index is 1.51. The quantitative estimate of drug-likeness (QED) is 0.677. The molecule has 9 heteroatoms. The minimum absolute atomic E-state index is 0.224. The largest absolute Gasteiger partial charge is 0.336 e. The van der Waals surface area contributed by atoms with Crippen LogP contribution in [0.1, 0.15) is 16.7 Å². The maximum Gasteiger partial charge on any atom is 0.231 e. The number of nitrogens with one attached hydrogen (secondary N) is 1. The summed E-state index contributed by atoms with van der Waals surface area (Å²) in [6.07, 6.45) is 2.42. The molecule has 3 N–H and O–H groups in total. The van der Waals surface area contributed by atoms with Crippen LogP contribution in [0, 0.1) is 0 Å². The highest BCUT2D eigenvalue weighted by Gasteiger charge is 2.18. The first-order valence-electron chi connectivity index (χ1n) is 8.83. The van der Waals surface area contributed by atoms with E-state index in [9.17, 15) is 8.42 Å². The first-order valence-corrected chi connectivity index (χ1v) is 10.5.